The molecule has 574 valence electrons. The quantitative estimate of drug-likeness (QED) is 0.0169. The molecule has 100 heavy (non-hydrogen) atoms. The van der Waals surface area contributed by atoms with Crippen molar-refractivity contribution in [3.05, 3.63) is 122 Å². The minimum absolute atomic E-state index is 0.0537. The van der Waals surface area contributed by atoms with E-state index in [2.05, 4.69) is 125 Å². The van der Waals surface area contributed by atoms with Gasteiger partial charge in [-0.15, -0.1) is 0 Å². The van der Waals surface area contributed by atoms with Crippen LogP contribution in [-0.2, 0) is 65.4 Å². The lowest BCUT2D eigenvalue weighted by Gasteiger charge is -2.21. The maximum absolute atomic E-state index is 13.1. The molecule has 0 rings (SSSR count). The van der Waals surface area contributed by atoms with E-state index in [1.165, 1.54) is 83.5 Å². The number of hydrogen-bond donors (Lipinski definition) is 3. The van der Waals surface area contributed by atoms with Gasteiger partial charge >= 0.3 is 39.5 Å². The number of carbonyl (C=O) groups excluding carboxylic acids is 4. The summed E-state index contributed by atoms with van der Waals surface area (Å²) in [7, 11) is -9.99. The van der Waals surface area contributed by atoms with Gasteiger partial charge in [0.2, 0.25) is 0 Å². The van der Waals surface area contributed by atoms with Crippen molar-refractivity contribution in [1.29, 1.82) is 0 Å². The molecule has 0 amide bonds. The van der Waals surface area contributed by atoms with Crippen LogP contribution in [0.2, 0.25) is 0 Å². The van der Waals surface area contributed by atoms with E-state index < -0.39 is 97.5 Å². The maximum Gasteiger partial charge on any atom is 0.472 e. The molecular weight excluding hydrogens is 1310 g/mol. The molecule has 0 fully saturated rings. The van der Waals surface area contributed by atoms with Crippen molar-refractivity contribution in [3.63, 3.8) is 0 Å². The smallest absolute Gasteiger partial charge is 0.462 e. The van der Waals surface area contributed by atoms with Crippen molar-refractivity contribution in [2.75, 3.05) is 39.6 Å². The second-order valence-electron chi connectivity index (χ2n) is 25.6. The Hall–Kier alpha value is -4.54. The van der Waals surface area contributed by atoms with E-state index >= 15 is 0 Å². The molecule has 0 aromatic heterocycles. The summed E-state index contributed by atoms with van der Waals surface area (Å²) < 4.78 is 68.4. The normalized spacial score (nSPS) is 14.6. The molecule has 0 saturated heterocycles. The second-order valence-corrected chi connectivity index (χ2v) is 28.5. The van der Waals surface area contributed by atoms with Crippen LogP contribution in [0.1, 0.15) is 310 Å². The molecule has 0 aliphatic carbocycles. The standard InChI is InChI=1S/C81H138O17P2/c1-5-9-13-17-21-25-29-33-37-41-45-49-53-57-61-65-78(83)91-71-76(97-80(85)67-63-59-55-51-47-43-39-35-31-27-23-19-15-11-7-3)73-95-99(87,88)93-69-75(82)70-94-100(89,90)96-74-77(98-81(86)68-64-60-56-52-48-44-40-36-32-28-24-20-16-12-8-4)72-92-79(84)66-62-58-54-50-46-42-38-34-30-26-22-18-14-10-6-2/h9,11,13,15,21-23,25-27,33-35,37-39,45,49,57,61,75-77,82H,5-8,10,12,14,16-20,24,28-32,36,40-44,46-48,50-56,58-60,62-74H2,1-4H3,(H,87,88)(H,89,90)/b13-9-,15-11-,25-21-,26-22-,27-23-,37-33-,38-34-,39-35-,49-45-,61-57-. The third-order valence-electron chi connectivity index (χ3n) is 16.0. The molecule has 5 atom stereocenters. The largest absolute Gasteiger partial charge is 0.472 e. The van der Waals surface area contributed by atoms with Gasteiger partial charge in [-0.1, -0.05) is 290 Å². The van der Waals surface area contributed by atoms with Gasteiger partial charge in [0.1, 0.15) is 19.3 Å². The van der Waals surface area contributed by atoms with Gasteiger partial charge in [0.25, 0.3) is 0 Å². The molecule has 0 spiro atoms. The van der Waals surface area contributed by atoms with E-state index in [4.69, 9.17) is 37.0 Å². The number of aliphatic hydroxyl groups is 1. The van der Waals surface area contributed by atoms with Gasteiger partial charge in [-0.05, 0) is 116 Å². The summed E-state index contributed by atoms with van der Waals surface area (Å²) in [5.74, 6) is -2.35. The lowest BCUT2D eigenvalue weighted by atomic mass is 10.0. The number of phosphoric acid groups is 2. The van der Waals surface area contributed by atoms with E-state index in [1.54, 1.807) is 6.08 Å². The van der Waals surface area contributed by atoms with Crippen molar-refractivity contribution in [3.8, 4) is 0 Å². The molecule has 0 bridgehead atoms. The third-order valence-corrected chi connectivity index (χ3v) is 17.9. The Morgan fingerprint density at radius 2 is 0.560 bits per heavy atom. The fourth-order valence-electron chi connectivity index (χ4n) is 10.1. The van der Waals surface area contributed by atoms with E-state index in [9.17, 15) is 43.2 Å². The first-order valence-electron chi connectivity index (χ1n) is 38.8. The third kappa shape index (κ3) is 71.8. The SMILES string of the molecule is CC/C=C\C/C=C\C/C=C\C/C=C\C/C=C\CC(=O)OCC(COP(=O)(O)OCC(O)COP(=O)(O)OCC(COC(=O)CCCCCCC/C=C\C/C=C\CCCCC)OC(=O)CCCCCCCCCCCCCCCCC)OC(=O)CCCCCCC/C=C\C/C=C\C/C=C\CC. The van der Waals surface area contributed by atoms with Crippen LogP contribution < -0.4 is 0 Å². The van der Waals surface area contributed by atoms with Crippen molar-refractivity contribution in [1.82, 2.24) is 0 Å². The second kappa shape index (κ2) is 72.8. The number of phosphoric ester groups is 2. The highest BCUT2D eigenvalue weighted by Gasteiger charge is 2.30. The van der Waals surface area contributed by atoms with Crippen LogP contribution >= 0.6 is 15.6 Å². The lowest BCUT2D eigenvalue weighted by Crippen LogP contribution is -2.30. The Morgan fingerprint density at radius 3 is 0.910 bits per heavy atom. The zero-order chi connectivity index (χ0) is 73.2. The van der Waals surface area contributed by atoms with Gasteiger partial charge in [-0.2, -0.15) is 0 Å². The number of carbonyl (C=O) groups is 4. The maximum atomic E-state index is 13.1. The predicted molar refractivity (Wildman–Crippen MR) is 408 cm³/mol. The molecule has 0 radical (unpaired) electrons. The Morgan fingerprint density at radius 1 is 0.300 bits per heavy atom. The molecule has 0 saturated carbocycles. The summed E-state index contributed by atoms with van der Waals surface area (Å²) in [6.45, 7) is 4.49. The minimum Gasteiger partial charge on any atom is -0.462 e. The fraction of sp³-hybridized carbons (Fsp3) is 0.704. The summed E-state index contributed by atoms with van der Waals surface area (Å²) >= 11 is 0. The Kier molecular flexibility index (Phi) is 69.5. The summed E-state index contributed by atoms with van der Waals surface area (Å²) in [5.41, 5.74) is 0. The molecule has 0 aromatic rings. The number of ether oxygens (including phenoxy) is 4. The van der Waals surface area contributed by atoms with Crippen LogP contribution in [0.4, 0.5) is 0 Å². The van der Waals surface area contributed by atoms with Gasteiger partial charge in [0.15, 0.2) is 12.2 Å². The number of hydrogen-bond acceptors (Lipinski definition) is 15. The predicted octanol–water partition coefficient (Wildman–Crippen LogP) is 22.3. The van der Waals surface area contributed by atoms with Crippen molar-refractivity contribution >= 4 is 39.5 Å². The molecule has 0 heterocycles. The van der Waals surface area contributed by atoms with Crippen LogP contribution in [0.3, 0.4) is 0 Å². The van der Waals surface area contributed by atoms with E-state index in [1.807, 2.05) is 18.2 Å². The van der Waals surface area contributed by atoms with Crippen molar-refractivity contribution in [2.24, 2.45) is 0 Å². The summed E-state index contributed by atoms with van der Waals surface area (Å²) in [6.07, 6.45) is 79.3. The fourth-order valence-corrected chi connectivity index (χ4v) is 11.7. The summed E-state index contributed by atoms with van der Waals surface area (Å²) in [4.78, 5) is 72.8. The number of unbranched alkanes of at least 4 members (excludes halogenated alkanes) is 27. The number of esters is 4. The van der Waals surface area contributed by atoms with E-state index in [0.717, 1.165) is 148 Å². The average Bonchev–Trinajstić information content (AvgIpc) is 1.01. The van der Waals surface area contributed by atoms with E-state index in [-0.39, 0.29) is 25.7 Å². The molecule has 0 aromatic carbocycles. The first-order valence-corrected chi connectivity index (χ1v) is 41.8. The molecule has 5 unspecified atom stereocenters. The van der Waals surface area contributed by atoms with Gasteiger partial charge in [-0.25, -0.2) is 9.13 Å². The molecule has 19 heteroatoms. The monoisotopic (exact) mass is 1440 g/mol. The first kappa shape index (κ1) is 95.5. The zero-order valence-corrected chi connectivity index (χ0v) is 64.4. The van der Waals surface area contributed by atoms with Crippen LogP contribution in [0, 0.1) is 0 Å². The van der Waals surface area contributed by atoms with Crippen molar-refractivity contribution in [2.45, 2.75) is 329 Å². The zero-order valence-electron chi connectivity index (χ0n) is 62.6. The number of rotatable bonds is 72. The molecule has 0 aliphatic heterocycles. The van der Waals surface area contributed by atoms with Gasteiger partial charge in [0, 0.05) is 19.3 Å². The number of aliphatic hydroxyl groups excluding tert-OH is 1. The highest BCUT2D eigenvalue weighted by atomic mass is 31.2. The lowest BCUT2D eigenvalue weighted by molar-refractivity contribution is -0.161. The Balaban J connectivity index is 5.44. The Bertz CT molecular complexity index is 2370. The highest BCUT2D eigenvalue weighted by Crippen LogP contribution is 2.45. The summed E-state index contributed by atoms with van der Waals surface area (Å²) in [6, 6.07) is 0. The van der Waals surface area contributed by atoms with Crippen LogP contribution in [-0.4, -0.2) is 96.7 Å². The first-order chi connectivity index (χ1) is 48.7. The van der Waals surface area contributed by atoms with Gasteiger partial charge < -0.3 is 33.8 Å². The van der Waals surface area contributed by atoms with Crippen LogP contribution in [0.25, 0.3) is 0 Å². The molecule has 0 aliphatic rings. The molecule has 3 N–H and O–H groups in total. The van der Waals surface area contributed by atoms with E-state index in [0.29, 0.717) is 25.7 Å². The topological polar surface area (TPSA) is 237 Å². The molecular formula is C81H138O17P2. The number of allylic oxidation sites excluding steroid dienone is 19. The minimum atomic E-state index is -5.00. The van der Waals surface area contributed by atoms with Crippen molar-refractivity contribution < 1.29 is 80.2 Å². The average molecular weight is 1450 g/mol. The highest BCUT2D eigenvalue weighted by molar-refractivity contribution is 7.47. The van der Waals surface area contributed by atoms with Gasteiger partial charge in [-0.3, -0.25) is 37.3 Å². The van der Waals surface area contributed by atoms with Crippen LogP contribution in [0.5, 0.6) is 0 Å². The van der Waals surface area contributed by atoms with Gasteiger partial charge in [0.05, 0.1) is 32.8 Å². The van der Waals surface area contributed by atoms with Crippen LogP contribution in [0.15, 0.2) is 122 Å². The molecule has 17 nitrogen and oxygen atoms in total. The summed E-state index contributed by atoms with van der Waals surface area (Å²) in [5, 5.41) is 10.6. The Labute approximate surface area is 606 Å².